The monoisotopic (exact) mass is 330 g/mol. The Morgan fingerprint density at radius 3 is 2.28 bits per heavy atom. The maximum Gasteiger partial charge on any atom is 0.303 e. The SMILES string of the molecule is O=c1nc(Nc2ccc(Oc3ccccc3)cc2)oc2ccccc12. The van der Waals surface area contributed by atoms with Crippen LogP contribution < -0.4 is 15.6 Å². The van der Waals surface area contributed by atoms with E-state index in [1.807, 2.05) is 60.7 Å². The Morgan fingerprint density at radius 2 is 1.48 bits per heavy atom. The largest absolute Gasteiger partial charge is 0.457 e. The van der Waals surface area contributed by atoms with E-state index in [9.17, 15) is 4.79 Å². The number of aromatic nitrogens is 1. The molecule has 1 heterocycles. The van der Waals surface area contributed by atoms with Crippen LogP contribution in [0.3, 0.4) is 0 Å². The fourth-order valence-electron chi connectivity index (χ4n) is 2.42. The van der Waals surface area contributed by atoms with Gasteiger partial charge in [0.2, 0.25) is 0 Å². The van der Waals surface area contributed by atoms with Crippen molar-refractivity contribution >= 4 is 22.7 Å². The third-order valence-electron chi connectivity index (χ3n) is 3.61. The number of nitrogens with zero attached hydrogens (tertiary/aromatic N) is 1. The summed E-state index contributed by atoms with van der Waals surface area (Å²) in [5.74, 6) is 1.48. The highest BCUT2D eigenvalue weighted by molar-refractivity contribution is 5.76. The van der Waals surface area contributed by atoms with Gasteiger partial charge in [0.25, 0.3) is 5.56 Å². The van der Waals surface area contributed by atoms with Crippen LogP contribution in [0.15, 0.2) is 88.1 Å². The number of rotatable bonds is 4. The Kier molecular flexibility index (Phi) is 3.88. The van der Waals surface area contributed by atoms with Crippen molar-refractivity contribution in [1.82, 2.24) is 4.98 Å². The molecular formula is C20H14N2O3. The molecule has 0 bridgehead atoms. The minimum atomic E-state index is -0.326. The van der Waals surface area contributed by atoms with E-state index >= 15 is 0 Å². The van der Waals surface area contributed by atoms with Gasteiger partial charge in [0.15, 0.2) is 0 Å². The van der Waals surface area contributed by atoms with Gasteiger partial charge in [-0.15, -0.1) is 0 Å². The standard InChI is InChI=1S/C20H14N2O3/c23-19-17-8-4-5-9-18(17)25-20(22-19)21-14-10-12-16(13-11-14)24-15-6-2-1-3-7-15/h1-13H,(H,21,22,23). The second-order valence-electron chi connectivity index (χ2n) is 5.38. The number of hydrogen-bond acceptors (Lipinski definition) is 5. The first kappa shape index (κ1) is 15.0. The first-order chi connectivity index (χ1) is 12.3. The molecule has 0 spiro atoms. The average Bonchev–Trinajstić information content (AvgIpc) is 2.64. The summed E-state index contributed by atoms with van der Waals surface area (Å²) in [5.41, 5.74) is 0.911. The van der Waals surface area contributed by atoms with Gasteiger partial charge >= 0.3 is 6.01 Å². The van der Waals surface area contributed by atoms with Crippen LogP contribution in [-0.4, -0.2) is 4.98 Å². The fraction of sp³-hybridized carbons (Fsp3) is 0. The van der Waals surface area contributed by atoms with Crippen molar-refractivity contribution in [3.63, 3.8) is 0 Å². The lowest BCUT2D eigenvalue weighted by molar-refractivity contribution is 0.483. The number of hydrogen-bond donors (Lipinski definition) is 1. The molecule has 0 saturated heterocycles. The summed E-state index contributed by atoms with van der Waals surface area (Å²) in [6, 6.07) is 24.0. The number of fused-ring (bicyclic) bond motifs is 1. The molecule has 0 fully saturated rings. The molecule has 4 rings (SSSR count). The van der Waals surface area contributed by atoms with Gasteiger partial charge in [0.05, 0.1) is 5.39 Å². The van der Waals surface area contributed by atoms with Crippen LogP contribution in [0.4, 0.5) is 11.7 Å². The van der Waals surface area contributed by atoms with Gasteiger partial charge < -0.3 is 14.5 Å². The van der Waals surface area contributed by atoms with Gasteiger partial charge in [-0.3, -0.25) is 4.79 Å². The summed E-state index contributed by atoms with van der Waals surface area (Å²) in [7, 11) is 0. The zero-order valence-corrected chi connectivity index (χ0v) is 13.2. The van der Waals surface area contributed by atoms with E-state index in [0.717, 1.165) is 11.4 Å². The van der Waals surface area contributed by atoms with E-state index in [0.29, 0.717) is 16.7 Å². The van der Waals surface area contributed by atoms with Gasteiger partial charge in [0.1, 0.15) is 17.1 Å². The number of para-hydroxylation sites is 2. The Hall–Kier alpha value is -3.60. The molecule has 3 aromatic carbocycles. The molecule has 0 amide bonds. The molecule has 1 N–H and O–H groups in total. The molecule has 122 valence electrons. The van der Waals surface area contributed by atoms with E-state index in [1.165, 1.54) is 0 Å². The Balaban J connectivity index is 1.54. The highest BCUT2D eigenvalue weighted by atomic mass is 16.5. The van der Waals surface area contributed by atoms with Gasteiger partial charge in [-0.25, -0.2) is 0 Å². The van der Waals surface area contributed by atoms with E-state index in [2.05, 4.69) is 10.3 Å². The molecule has 0 atom stereocenters. The first-order valence-electron chi connectivity index (χ1n) is 7.78. The predicted molar refractivity (Wildman–Crippen MR) is 96.5 cm³/mol. The maximum atomic E-state index is 12.0. The topological polar surface area (TPSA) is 64.4 Å². The van der Waals surface area contributed by atoms with Gasteiger partial charge in [-0.1, -0.05) is 30.3 Å². The lowest BCUT2D eigenvalue weighted by Gasteiger charge is -2.08. The Labute approximate surface area is 143 Å². The summed E-state index contributed by atoms with van der Waals surface area (Å²) in [6.07, 6.45) is 0. The molecular weight excluding hydrogens is 316 g/mol. The molecule has 0 aliphatic carbocycles. The third kappa shape index (κ3) is 3.35. The molecule has 0 unspecified atom stereocenters. The zero-order valence-electron chi connectivity index (χ0n) is 13.2. The molecule has 5 nitrogen and oxygen atoms in total. The molecule has 0 radical (unpaired) electrons. The third-order valence-corrected chi connectivity index (χ3v) is 3.61. The van der Waals surface area contributed by atoms with Crippen molar-refractivity contribution < 1.29 is 9.15 Å². The van der Waals surface area contributed by atoms with E-state index in [4.69, 9.17) is 9.15 Å². The predicted octanol–water partition coefficient (Wildman–Crippen LogP) is 4.72. The van der Waals surface area contributed by atoms with E-state index < -0.39 is 0 Å². The number of benzene rings is 3. The van der Waals surface area contributed by atoms with Gasteiger partial charge in [-0.05, 0) is 48.5 Å². The minimum Gasteiger partial charge on any atom is -0.457 e. The lowest BCUT2D eigenvalue weighted by atomic mass is 10.2. The van der Waals surface area contributed by atoms with E-state index in [-0.39, 0.29) is 11.6 Å². The zero-order chi connectivity index (χ0) is 17.1. The summed E-state index contributed by atoms with van der Waals surface area (Å²) >= 11 is 0. The lowest BCUT2D eigenvalue weighted by Crippen LogP contribution is -2.08. The van der Waals surface area contributed by atoms with Crippen molar-refractivity contribution in [3.05, 3.63) is 89.2 Å². The van der Waals surface area contributed by atoms with Crippen LogP contribution in [0.1, 0.15) is 0 Å². The van der Waals surface area contributed by atoms with Crippen molar-refractivity contribution in [2.75, 3.05) is 5.32 Å². The number of ether oxygens (including phenoxy) is 1. The van der Waals surface area contributed by atoms with Crippen LogP contribution in [-0.2, 0) is 0 Å². The maximum absolute atomic E-state index is 12.0. The van der Waals surface area contributed by atoms with Crippen LogP contribution in [0.25, 0.3) is 11.0 Å². The highest BCUT2D eigenvalue weighted by Crippen LogP contribution is 2.24. The van der Waals surface area contributed by atoms with Gasteiger partial charge in [-0.2, -0.15) is 4.98 Å². The summed E-state index contributed by atoms with van der Waals surface area (Å²) < 4.78 is 11.4. The molecule has 0 saturated carbocycles. The molecule has 0 aliphatic heterocycles. The second kappa shape index (κ2) is 6.49. The van der Waals surface area contributed by atoms with Crippen LogP contribution >= 0.6 is 0 Å². The molecule has 0 aliphatic rings. The van der Waals surface area contributed by atoms with Crippen LogP contribution in [0, 0.1) is 0 Å². The van der Waals surface area contributed by atoms with Crippen molar-refractivity contribution in [2.45, 2.75) is 0 Å². The molecule has 1 aromatic heterocycles. The first-order valence-corrected chi connectivity index (χ1v) is 7.78. The summed E-state index contributed by atoms with van der Waals surface area (Å²) in [4.78, 5) is 15.9. The average molecular weight is 330 g/mol. The minimum absolute atomic E-state index is 0.153. The molecule has 5 heteroatoms. The number of anilines is 2. The fourth-order valence-corrected chi connectivity index (χ4v) is 2.42. The quantitative estimate of drug-likeness (QED) is 0.586. The smallest absolute Gasteiger partial charge is 0.303 e. The normalized spacial score (nSPS) is 10.6. The highest BCUT2D eigenvalue weighted by Gasteiger charge is 2.06. The van der Waals surface area contributed by atoms with Crippen molar-refractivity contribution in [3.8, 4) is 11.5 Å². The van der Waals surface area contributed by atoms with Crippen LogP contribution in [0.5, 0.6) is 11.5 Å². The number of nitrogens with one attached hydrogen (secondary N) is 1. The Morgan fingerprint density at radius 1 is 0.800 bits per heavy atom. The molecule has 4 aromatic rings. The van der Waals surface area contributed by atoms with Crippen molar-refractivity contribution in [2.24, 2.45) is 0 Å². The van der Waals surface area contributed by atoms with Crippen molar-refractivity contribution in [1.29, 1.82) is 0 Å². The summed E-state index contributed by atoms with van der Waals surface area (Å²) in [6.45, 7) is 0. The van der Waals surface area contributed by atoms with Crippen LogP contribution in [0.2, 0.25) is 0 Å². The van der Waals surface area contributed by atoms with Gasteiger partial charge in [0, 0.05) is 5.69 Å². The summed E-state index contributed by atoms with van der Waals surface area (Å²) in [5, 5.41) is 3.45. The molecule has 25 heavy (non-hydrogen) atoms. The van der Waals surface area contributed by atoms with E-state index in [1.54, 1.807) is 18.2 Å². The second-order valence-corrected chi connectivity index (χ2v) is 5.38. The Bertz CT molecular complexity index is 1060.